The van der Waals surface area contributed by atoms with Gasteiger partial charge >= 0.3 is 0 Å². The molecule has 1 N–H and O–H groups in total. The molecular formula is C19H24N4O. The summed E-state index contributed by atoms with van der Waals surface area (Å²) in [6.45, 7) is 4.73. The Kier molecular flexibility index (Phi) is 5.56. The van der Waals surface area contributed by atoms with Crippen LogP contribution in [-0.2, 0) is 0 Å². The number of likely N-dealkylation sites (N-methyl/N-ethyl adjacent to an activating group) is 1. The molecule has 1 aromatic carbocycles. The Morgan fingerprint density at radius 2 is 1.88 bits per heavy atom. The van der Waals surface area contributed by atoms with Crippen molar-refractivity contribution in [3.63, 3.8) is 0 Å². The van der Waals surface area contributed by atoms with Crippen molar-refractivity contribution in [3.8, 4) is 0 Å². The average Bonchev–Trinajstić information content (AvgIpc) is 2.65. The number of benzene rings is 1. The van der Waals surface area contributed by atoms with Crippen LogP contribution < -0.4 is 5.32 Å². The van der Waals surface area contributed by atoms with Gasteiger partial charge in [-0.05, 0) is 24.7 Å². The van der Waals surface area contributed by atoms with E-state index in [1.165, 1.54) is 5.56 Å². The second-order valence-electron chi connectivity index (χ2n) is 6.22. The Balaban J connectivity index is 1.69. The summed E-state index contributed by atoms with van der Waals surface area (Å²) in [5, 5.41) is 3.07. The molecule has 3 rings (SSSR count). The molecule has 0 saturated carbocycles. The molecule has 126 valence electrons. The van der Waals surface area contributed by atoms with E-state index in [4.69, 9.17) is 0 Å². The zero-order valence-electron chi connectivity index (χ0n) is 14.1. The molecule has 24 heavy (non-hydrogen) atoms. The first-order chi connectivity index (χ1) is 11.7. The molecule has 0 bridgehead atoms. The van der Waals surface area contributed by atoms with E-state index in [0.29, 0.717) is 12.1 Å². The first-order valence-electron chi connectivity index (χ1n) is 8.40. The van der Waals surface area contributed by atoms with E-state index in [0.717, 1.165) is 26.2 Å². The number of hydrogen-bond donors (Lipinski definition) is 1. The summed E-state index contributed by atoms with van der Waals surface area (Å²) in [4.78, 5) is 21.1. The van der Waals surface area contributed by atoms with Crippen molar-refractivity contribution in [1.82, 2.24) is 20.1 Å². The number of nitrogens with one attached hydrogen (secondary N) is 1. The van der Waals surface area contributed by atoms with Gasteiger partial charge in [0.15, 0.2) is 0 Å². The summed E-state index contributed by atoms with van der Waals surface area (Å²) in [6.07, 6.45) is 3.27. The highest BCUT2D eigenvalue weighted by Crippen LogP contribution is 2.21. The largest absolute Gasteiger partial charge is 0.350 e. The van der Waals surface area contributed by atoms with Crippen LogP contribution in [0.25, 0.3) is 0 Å². The minimum Gasteiger partial charge on any atom is -0.350 e. The van der Waals surface area contributed by atoms with Gasteiger partial charge in [0.05, 0.1) is 11.6 Å². The van der Waals surface area contributed by atoms with Crippen LogP contribution >= 0.6 is 0 Å². The highest BCUT2D eigenvalue weighted by Gasteiger charge is 2.24. The summed E-state index contributed by atoms with van der Waals surface area (Å²) in [7, 11) is 2.15. The number of hydrogen-bond acceptors (Lipinski definition) is 4. The summed E-state index contributed by atoms with van der Waals surface area (Å²) < 4.78 is 0. The molecule has 1 aliphatic heterocycles. The lowest BCUT2D eigenvalue weighted by molar-refractivity contribution is 0.0886. The molecule has 5 nitrogen and oxygen atoms in total. The molecule has 0 radical (unpaired) electrons. The maximum absolute atomic E-state index is 12.3. The van der Waals surface area contributed by atoms with Crippen LogP contribution in [0.4, 0.5) is 0 Å². The zero-order chi connectivity index (χ0) is 16.8. The number of nitrogens with zero attached hydrogens (tertiary/aromatic N) is 3. The van der Waals surface area contributed by atoms with Gasteiger partial charge in [-0.2, -0.15) is 0 Å². The predicted octanol–water partition coefficient (Wildman–Crippen LogP) is 1.80. The lowest BCUT2D eigenvalue weighted by atomic mass is 10.0. The molecule has 1 aliphatic rings. The van der Waals surface area contributed by atoms with Crippen LogP contribution in [0.2, 0.25) is 0 Å². The molecule has 1 fully saturated rings. The third-order valence-corrected chi connectivity index (χ3v) is 4.54. The molecule has 1 amide bonds. The van der Waals surface area contributed by atoms with Crippen LogP contribution in [0, 0.1) is 0 Å². The van der Waals surface area contributed by atoms with E-state index < -0.39 is 0 Å². The van der Waals surface area contributed by atoms with Crippen LogP contribution in [-0.4, -0.2) is 60.5 Å². The number of amides is 1. The second kappa shape index (κ2) is 8.04. The van der Waals surface area contributed by atoms with E-state index in [1.54, 1.807) is 24.5 Å². The van der Waals surface area contributed by atoms with Crippen molar-refractivity contribution in [2.75, 3.05) is 39.8 Å². The molecule has 1 unspecified atom stereocenters. The minimum absolute atomic E-state index is 0.0711. The highest BCUT2D eigenvalue weighted by molar-refractivity contribution is 5.93. The fraction of sp³-hybridized carbons (Fsp3) is 0.368. The molecule has 1 aromatic heterocycles. The zero-order valence-corrected chi connectivity index (χ0v) is 14.1. The van der Waals surface area contributed by atoms with Gasteiger partial charge in [-0.3, -0.25) is 14.7 Å². The van der Waals surface area contributed by atoms with Crippen LogP contribution in [0.3, 0.4) is 0 Å². The third kappa shape index (κ3) is 4.19. The predicted molar refractivity (Wildman–Crippen MR) is 94.8 cm³/mol. The molecule has 1 atom stereocenters. The molecule has 2 heterocycles. The Hall–Kier alpha value is -2.24. The van der Waals surface area contributed by atoms with Gasteiger partial charge in [-0.25, -0.2) is 0 Å². The van der Waals surface area contributed by atoms with E-state index in [-0.39, 0.29) is 11.9 Å². The topological polar surface area (TPSA) is 48.5 Å². The van der Waals surface area contributed by atoms with Crippen LogP contribution in [0.1, 0.15) is 22.0 Å². The molecule has 2 aromatic rings. The van der Waals surface area contributed by atoms with E-state index in [1.807, 2.05) is 6.07 Å². The van der Waals surface area contributed by atoms with E-state index in [9.17, 15) is 4.79 Å². The standard InChI is InChI=1S/C19H24N4O/c1-22-10-12-23(13-11-22)18(16-6-3-2-4-7-16)15-21-19(24)17-8-5-9-20-14-17/h2-9,14,18H,10-13,15H2,1H3,(H,21,24). The quantitative estimate of drug-likeness (QED) is 0.911. The summed E-state index contributed by atoms with van der Waals surface area (Å²) in [5.74, 6) is -0.0711. The van der Waals surface area contributed by atoms with Gasteiger partial charge in [0.2, 0.25) is 0 Å². The fourth-order valence-corrected chi connectivity index (χ4v) is 3.06. The van der Waals surface area contributed by atoms with Crippen molar-refractivity contribution in [2.24, 2.45) is 0 Å². The van der Waals surface area contributed by atoms with Crippen LogP contribution in [0.5, 0.6) is 0 Å². The van der Waals surface area contributed by atoms with Gasteiger partial charge in [0.1, 0.15) is 0 Å². The van der Waals surface area contributed by atoms with Crippen molar-refractivity contribution >= 4 is 5.91 Å². The number of aromatic nitrogens is 1. The number of piperazine rings is 1. The van der Waals surface area contributed by atoms with Crippen molar-refractivity contribution in [1.29, 1.82) is 0 Å². The summed E-state index contributed by atoms with van der Waals surface area (Å²) >= 11 is 0. The number of carbonyl (C=O) groups excluding carboxylic acids is 1. The Morgan fingerprint density at radius 3 is 2.54 bits per heavy atom. The van der Waals surface area contributed by atoms with Gasteiger partial charge in [-0.1, -0.05) is 30.3 Å². The molecule has 1 saturated heterocycles. The maximum atomic E-state index is 12.3. The first-order valence-corrected chi connectivity index (χ1v) is 8.40. The Bertz CT molecular complexity index is 639. The van der Waals surface area contributed by atoms with E-state index in [2.05, 4.69) is 51.4 Å². The lowest BCUT2D eigenvalue weighted by Crippen LogP contribution is -2.48. The van der Waals surface area contributed by atoms with Crippen molar-refractivity contribution in [3.05, 3.63) is 66.0 Å². The normalized spacial score (nSPS) is 17.4. The monoisotopic (exact) mass is 324 g/mol. The molecule has 5 heteroatoms. The van der Waals surface area contributed by atoms with Crippen molar-refractivity contribution in [2.45, 2.75) is 6.04 Å². The Labute approximate surface area is 143 Å². The van der Waals surface area contributed by atoms with Gasteiger partial charge in [0, 0.05) is 45.1 Å². The number of rotatable bonds is 5. The van der Waals surface area contributed by atoms with Crippen molar-refractivity contribution < 1.29 is 4.79 Å². The number of carbonyl (C=O) groups is 1. The van der Waals surface area contributed by atoms with E-state index >= 15 is 0 Å². The molecular weight excluding hydrogens is 300 g/mol. The Morgan fingerprint density at radius 1 is 1.12 bits per heavy atom. The van der Waals surface area contributed by atoms with Crippen LogP contribution in [0.15, 0.2) is 54.9 Å². The third-order valence-electron chi connectivity index (χ3n) is 4.54. The molecule has 0 spiro atoms. The summed E-state index contributed by atoms with van der Waals surface area (Å²) in [5.41, 5.74) is 1.84. The smallest absolute Gasteiger partial charge is 0.252 e. The molecule has 0 aliphatic carbocycles. The number of pyridine rings is 1. The first kappa shape index (κ1) is 16.6. The van der Waals surface area contributed by atoms with Gasteiger partial charge in [-0.15, -0.1) is 0 Å². The second-order valence-corrected chi connectivity index (χ2v) is 6.22. The summed E-state index contributed by atoms with van der Waals surface area (Å²) in [6, 6.07) is 14.2. The average molecular weight is 324 g/mol. The van der Waals surface area contributed by atoms with Gasteiger partial charge < -0.3 is 10.2 Å². The lowest BCUT2D eigenvalue weighted by Gasteiger charge is -2.38. The maximum Gasteiger partial charge on any atom is 0.252 e. The fourth-order valence-electron chi connectivity index (χ4n) is 3.06. The van der Waals surface area contributed by atoms with Gasteiger partial charge in [0.25, 0.3) is 5.91 Å². The minimum atomic E-state index is -0.0711. The SMILES string of the molecule is CN1CCN(C(CNC(=O)c2cccnc2)c2ccccc2)CC1. The highest BCUT2D eigenvalue weighted by atomic mass is 16.1.